The summed E-state index contributed by atoms with van der Waals surface area (Å²) in [6, 6.07) is 15.6. The predicted octanol–water partition coefficient (Wildman–Crippen LogP) is 3.65. The van der Waals surface area contributed by atoms with E-state index in [-0.39, 0.29) is 24.7 Å². The van der Waals surface area contributed by atoms with Crippen LogP contribution in [0.25, 0.3) is 11.3 Å². The van der Waals surface area contributed by atoms with Crippen molar-refractivity contribution in [2.45, 2.75) is 19.9 Å². The third-order valence-electron chi connectivity index (χ3n) is 3.64. The second-order valence-electron chi connectivity index (χ2n) is 5.63. The molecular formula is C19H17FN2O2. The molecule has 0 unspecified atom stereocenters. The van der Waals surface area contributed by atoms with Crippen molar-refractivity contribution >= 4 is 5.91 Å². The number of benzene rings is 2. The van der Waals surface area contributed by atoms with Crippen molar-refractivity contribution in [2.75, 3.05) is 0 Å². The molecule has 5 heteroatoms. The Balaban J connectivity index is 1.56. The molecule has 4 nitrogen and oxygen atoms in total. The summed E-state index contributed by atoms with van der Waals surface area (Å²) in [7, 11) is 0. The van der Waals surface area contributed by atoms with E-state index in [1.165, 1.54) is 17.7 Å². The van der Waals surface area contributed by atoms with Crippen molar-refractivity contribution < 1.29 is 13.7 Å². The standard InChI is InChI=1S/C19H17FN2O2/c1-13-2-6-15(7-3-13)18-11-17(22-24-18)12-21-19(23)10-14-4-8-16(20)9-5-14/h2-9,11H,10,12H2,1H3,(H,21,23). The first kappa shape index (κ1) is 15.9. The Hall–Kier alpha value is -2.95. The predicted molar refractivity (Wildman–Crippen MR) is 88.6 cm³/mol. The fourth-order valence-corrected chi connectivity index (χ4v) is 2.29. The highest BCUT2D eigenvalue weighted by molar-refractivity contribution is 5.78. The zero-order chi connectivity index (χ0) is 16.9. The summed E-state index contributed by atoms with van der Waals surface area (Å²) in [4.78, 5) is 11.9. The molecule has 1 amide bonds. The molecule has 0 atom stereocenters. The van der Waals surface area contributed by atoms with E-state index in [1.807, 2.05) is 37.3 Å². The summed E-state index contributed by atoms with van der Waals surface area (Å²) in [5.74, 6) is 0.199. The summed E-state index contributed by atoms with van der Waals surface area (Å²) < 4.78 is 18.1. The van der Waals surface area contributed by atoms with Crippen LogP contribution in [0.15, 0.2) is 59.1 Å². The van der Waals surface area contributed by atoms with Crippen molar-refractivity contribution in [1.82, 2.24) is 10.5 Å². The quantitative estimate of drug-likeness (QED) is 0.779. The monoisotopic (exact) mass is 324 g/mol. The van der Waals surface area contributed by atoms with Crippen molar-refractivity contribution in [3.8, 4) is 11.3 Å². The lowest BCUT2D eigenvalue weighted by atomic mass is 10.1. The smallest absolute Gasteiger partial charge is 0.224 e. The highest BCUT2D eigenvalue weighted by Gasteiger charge is 2.09. The van der Waals surface area contributed by atoms with Gasteiger partial charge in [0.25, 0.3) is 0 Å². The number of nitrogens with zero attached hydrogens (tertiary/aromatic N) is 1. The number of aromatic nitrogens is 1. The van der Waals surface area contributed by atoms with Gasteiger partial charge < -0.3 is 9.84 Å². The molecule has 0 spiro atoms. The molecule has 0 aliphatic carbocycles. The van der Waals surface area contributed by atoms with Gasteiger partial charge in [0.2, 0.25) is 5.91 Å². The zero-order valence-corrected chi connectivity index (χ0v) is 13.3. The Morgan fingerprint density at radius 3 is 2.54 bits per heavy atom. The maximum atomic E-state index is 12.8. The normalized spacial score (nSPS) is 10.6. The molecule has 0 bridgehead atoms. The Morgan fingerprint density at radius 1 is 1.12 bits per heavy atom. The lowest BCUT2D eigenvalue weighted by molar-refractivity contribution is -0.120. The minimum atomic E-state index is -0.314. The number of amides is 1. The van der Waals surface area contributed by atoms with Gasteiger partial charge in [-0.05, 0) is 24.6 Å². The molecule has 2 aromatic carbocycles. The molecule has 0 fully saturated rings. The van der Waals surface area contributed by atoms with Crippen molar-refractivity contribution in [1.29, 1.82) is 0 Å². The van der Waals surface area contributed by atoms with Crippen LogP contribution in [0.2, 0.25) is 0 Å². The van der Waals surface area contributed by atoms with Gasteiger partial charge in [0.05, 0.1) is 13.0 Å². The van der Waals surface area contributed by atoms with Crippen LogP contribution in [0, 0.1) is 12.7 Å². The van der Waals surface area contributed by atoms with Crippen LogP contribution in [0.3, 0.4) is 0 Å². The molecule has 0 saturated heterocycles. The van der Waals surface area contributed by atoms with Gasteiger partial charge in [0.1, 0.15) is 11.5 Å². The van der Waals surface area contributed by atoms with Gasteiger partial charge in [0, 0.05) is 11.6 Å². The SMILES string of the molecule is Cc1ccc(-c2cc(CNC(=O)Cc3ccc(F)cc3)no2)cc1. The number of nitrogens with one attached hydrogen (secondary N) is 1. The van der Waals surface area contributed by atoms with Gasteiger partial charge in [-0.2, -0.15) is 0 Å². The number of hydrogen-bond acceptors (Lipinski definition) is 3. The van der Waals surface area contributed by atoms with Gasteiger partial charge in [0.15, 0.2) is 5.76 Å². The summed E-state index contributed by atoms with van der Waals surface area (Å²) in [6.45, 7) is 2.31. The Labute approximate surface area is 139 Å². The van der Waals surface area contributed by atoms with Gasteiger partial charge in [-0.25, -0.2) is 4.39 Å². The molecule has 1 heterocycles. The topological polar surface area (TPSA) is 55.1 Å². The molecule has 3 rings (SSSR count). The van der Waals surface area contributed by atoms with Gasteiger partial charge in [-0.1, -0.05) is 47.1 Å². The number of aryl methyl sites for hydroxylation is 1. The lowest BCUT2D eigenvalue weighted by Crippen LogP contribution is -2.24. The molecule has 1 N–H and O–H groups in total. The van der Waals surface area contributed by atoms with Gasteiger partial charge in [-0.15, -0.1) is 0 Å². The Bertz CT molecular complexity index is 823. The minimum absolute atomic E-state index is 0.151. The Morgan fingerprint density at radius 2 is 1.83 bits per heavy atom. The molecule has 1 aromatic heterocycles. The average Bonchev–Trinajstić information content (AvgIpc) is 3.05. The van der Waals surface area contributed by atoms with E-state index >= 15 is 0 Å². The summed E-state index contributed by atoms with van der Waals surface area (Å²) >= 11 is 0. The molecule has 24 heavy (non-hydrogen) atoms. The third kappa shape index (κ3) is 4.07. The molecule has 3 aromatic rings. The van der Waals surface area contributed by atoms with E-state index in [2.05, 4.69) is 10.5 Å². The molecule has 0 radical (unpaired) electrons. The van der Waals surface area contributed by atoms with E-state index in [0.29, 0.717) is 11.5 Å². The average molecular weight is 324 g/mol. The molecule has 0 aliphatic rings. The number of carbonyl (C=O) groups is 1. The summed E-state index contributed by atoms with van der Waals surface area (Å²) in [5.41, 5.74) is 3.52. The second-order valence-corrected chi connectivity index (χ2v) is 5.63. The largest absolute Gasteiger partial charge is 0.356 e. The van der Waals surface area contributed by atoms with E-state index in [1.54, 1.807) is 12.1 Å². The van der Waals surface area contributed by atoms with Crippen LogP contribution in [0.5, 0.6) is 0 Å². The number of hydrogen-bond donors (Lipinski definition) is 1. The summed E-state index contributed by atoms with van der Waals surface area (Å²) in [5, 5.41) is 6.75. The van der Waals surface area contributed by atoms with Gasteiger partial charge >= 0.3 is 0 Å². The maximum absolute atomic E-state index is 12.8. The highest BCUT2D eigenvalue weighted by atomic mass is 19.1. The van der Waals surface area contributed by atoms with E-state index < -0.39 is 0 Å². The first-order chi connectivity index (χ1) is 11.6. The highest BCUT2D eigenvalue weighted by Crippen LogP contribution is 2.20. The zero-order valence-electron chi connectivity index (χ0n) is 13.3. The third-order valence-corrected chi connectivity index (χ3v) is 3.64. The summed E-state index contributed by atoms with van der Waals surface area (Å²) in [6.07, 6.45) is 0.197. The first-order valence-corrected chi connectivity index (χ1v) is 7.64. The van der Waals surface area contributed by atoms with Crippen molar-refractivity contribution in [3.05, 3.63) is 77.2 Å². The van der Waals surface area contributed by atoms with E-state index in [4.69, 9.17) is 4.52 Å². The Kier molecular flexibility index (Phi) is 4.70. The fraction of sp³-hybridized carbons (Fsp3) is 0.158. The van der Waals surface area contributed by atoms with Crippen molar-refractivity contribution in [2.24, 2.45) is 0 Å². The van der Waals surface area contributed by atoms with E-state index in [0.717, 1.165) is 11.1 Å². The number of carbonyl (C=O) groups excluding carboxylic acids is 1. The van der Waals surface area contributed by atoms with Gasteiger partial charge in [-0.3, -0.25) is 4.79 Å². The maximum Gasteiger partial charge on any atom is 0.224 e. The van der Waals surface area contributed by atoms with Crippen LogP contribution in [0.1, 0.15) is 16.8 Å². The van der Waals surface area contributed by atoms with Crippen molar-refractivity contribution in [3.63, 3.8) is 0 Å². The molecule has 0 saturated carbocycles. The fourth-order valence-electron chi connectivity index (χ4n) is 2.29. The lowest BCUT2D eigenvalue weighted by Gasteiger charge is -2.03. The number of halogens is 1. The number of rotatable bonds is 5. The van der Waals surface area contributed by atoms with Crippen LogP contribution >= 0.6 is 0 Å². The second kappa shape index (κ2) is 7.08. The molecule has 122 valence electrons. The van der Waals surface area contributed by atoms with Crippen LogP contribution < -0.4 is 5.32 Å². The van der Waals surface area contributed by atoms with Crippen LogP contribution in [-0.2, 0) is 17.8 Å². The van der Waals surface area contributed by atoms with E-state index in [9.17, 15) is 9.18 Å². The first-order valence-electron chi connectivity index (χ1n) is 7.64. The van der Waals surface area contributed by atoms with Crippen LogP contribution in [0.4, 0.5) is 4.39 Å². The molecular weight excluding hydrogens is 307 g/mol. The van der Waals surface area contributed by atoms with Crippen LogP contribution in [-0.4, -0.2) is 11.1 Å². The molecule has 0 aliphatic heterocycles. The minimum Gasteiger partial charge on any atom is -0.356 e.